The Balaban J connectivity index is 1.95. The van der Waals surface area contributed by atoms with Gasteiger partial charge in [0, 0.05) is 18.0 Å². The number of hydrogen-bond donors (Lipinski definition) is 1. The van der Waals surface area contributed by atoms with Gasteiger partial charge in [-0.05, 0) is 55.5 Å². The van der Waals surface area contributed by atoms with Crippen molar-refractivity contribution < 1.29 is 5.11 Å². The largest absolute Gasteiger partial charge is 0.507 e. The fraction of sp³-hybridized carbons (Fsp3) is 0.364. The van der Waals surface area contributed by atoms with Crippen molar-refractivity contribution in [1.82, 2.24) is 9.97 Å². The maximum Gasteiger partial charge on any atom is 0.165 e. The number of benzene rings is 2. The number of rotatable bonds is 3. The third-order valence-electron chi connectivity index (χ3n) is 5.32. The predicted octanol–water partition coefficient (Wildman–Crippen LogP) is 4.94. The molecule has 2 heterocycles. The highest BCUT2D eigenvalue weighted by molar-refractivity contribution is 5.92. The molecule has 1 aliphatic rings. The number of para-hydroxylation sites is 1. The number of aromatic nitrogens is 2. The maximum absolute atomic E-state index is 10.3. The monoisotopic (exact) mass is 347 g/mol. The minimum absolute atomic E-state index is 0.215. The fourth-order valence-electron chi connectivity index (χ4n) is 3.97. The van der Waals surface area contributed by atoms with Gasteiger partial charge in [0.15, 0.2) is 5.82 Å². The van der Waals surface area contributed by atoms with Crippen LogP contribution >= 0.6 is 0 Å². The Hall–Kier alpha value is -2.62. The summed E-state index contributed by atoms with van der Waals surface area (Å²) in [6.07, 6.45) is 2.38. The van der Waals surface area contributed by atoms with E-state index in [0.717, 1.165) is 23.3 Å². The average Bonchev–Trinajstić information content (AvgIpc) is 3.10. The summed E-state index contributed by atoms with van der Waals surface area (Å²) in [6, 6.07) is 14.1. The number of anilines is 1. The normalized spacial score (nSPS) is 17.4. The molecule has 1 atom stereocenters. The Morgan fingerprint density at radius 1 is 1.12 bits per heavy atom. The lowest BCUT2D eigenvalue weighted by Gasteiger charge is -2.30. The second-order valence-corrected chi connectivity index (χ2v) is 7.56. The molecule has 1 fully saturated rings. The zero-order valence-electron chi connectivity index (χ0n) is 15.6. The predicted molar refractivity (Wildman–Crippen MR) is 107 cm³/mol. The topological polar surface area (TPSA) is 49.2 Å². The molecule has 26 heavy (non-hydrogen) atoms. The molecule has 2 aromatic carbocycles. The van der Waals surface area contributed by atoms with Crippen molar-refractivity contribution in [2.45, 2.75) is 39.7 Å². The van der Waals surface area contributed by atoms with Gasteiger partial charge in [-0.3, -0.25) is 0 Å². The highest BCUT2D eigenvalue weighted by atomic mass is 16.3. The van der Waals surface area contributed by atoms with Crippen LogP contribution in [0, 0.1) is 12.8 Å². The van der Waals surface area contributed by atoms with E-state index < -0.39 is 0 Å². The van der Waals surface area contributed by atoms with Crippen molar-refractivity contribution in [3.05, 3.63) is 48.0 Å². The molecule has 0 radical (unpaired) electrons. The molecule has 3 aromatic rings. The number of phenolic OH excluding ortho intramolecular Hbond substituents is 1. The van der Waals surface area contributed by atoms with Crippen molar-refractivity contribution in [2.75, 3.05) is 11.4 Å². The van der Waals surface area contributed by atoms with Crippen LogP contribution in [0.5, 0.6) is 5.75 Å². The molecule has 0 spiro atoms. The van der Waals surface area contributed by atoms with E-state index >= 15 is 0 Å². The van der Waals surface area contributed by atoms with Gasteiger partial charge >= 0.3 is 0 Å². The van der Waals surface area contributed by atoms with Crippen LogP contribution in [0.4, 0.5) is 5.82 Å². The van der Waals surface area contributed by atoms with Crippen LogP contribution in [0.25, 0.3) is 22.3 Å². The zero-order chi connectivity index (χ0) is 18.3. The van der Waals surface area contributed by atoms with Gasteiger partial charge in [-0.25, -0.2) is 9.97 Å². The molecule has 1 N–H and O–H groups in total. The van der Waals surface area contributed by atoms with E-state index in [4.69, 9.17) is 9.97 Å². The van der Waals surface area contributed by atoms with Crippen LogP contribution in [0.1, 0.15) is 32.3 Å². The fourth-order valence-corrected chi connectivity index (χ4v) is 3.97. The Labute approximate surface area is 154 Å². The quantitative estimate of drug-likeness (QED) is 0.729. The maximum atomic E-state index is 10.3. The van der Waals surface area contributed by atoms with Gasteiger partial charge in [-0.15, -0.1) is 0 Å². The molecule has 0 bridgehead atoms. The summed E-state index contributed by atoms with van der Waals surface area (Å²) in [5, 5.41) is 11.4. The summed E-state index contributed by atoms with van der Waals surface area (Å²) in [7, 11) is 0. The molecular weight excluding hydrogens is 322 g/mol. The Kier molecular flexibility index (Phi) is 4.27. The molecule has 1 saturated heterocycles. The molecule has 1 unspecified atom stereocenters. The van der Waals surface area contributed by atoms with Gasteiger partial charge in [0.25, 0.3) is 0 Å². The second-order valence-electron chi connectivity index (χ2n) is 7.56. The molecular formula is C22H25N3O. The van der Waals surface area contributed by atoms with Crippen LogP contribution in [-0.4, -0.2) is 27.7 Å². The smallest absolute Gasteiger partial charge is 0.165 e. The van der Waals surface area contributed by atoms with Gasteiger partial charge in [-0.2, -0.15) is 0 Å². The summed E-state index contributed by atoms with van der Waals surface area (Å²) in [4.78, 5) is 12.1. The van der Waals surface area contributed by atoms with Gasteiger partial charge in [0.2, 0.25) is 0 Å². The summed E-state index contributed by atoms with van der Waals surface area (Å²) in [6.45, 7) is 7.65. The molecule has 134 valence electrons. The van der Waals surface area contributed by atoms with Crippen molar-refractivity contribution in [3.8, 4) is 17.1 Å². The minimum atomic E-state index is 0.215. The molecule has 0 amide bonds. The first-order chi connectivity index (χ1) is 12.5. The summed E-state index contributed by atoms with van der Waals surface area (Å²) < 4.78 is 0. The first-order valence-electron chi connectivity index (χ1n) is 9.38. The standard InChI is InChI=1S/C22H25N3O/c1-14(2)19-8-6-12-25(19)22-16-11-10-15(3)13-18(16)23-21(24-22)17-7-4-5-9-20(17)26/h4-5,7,9-11,13-14,19,26H,6,8,12H2,1-3H3. The second kappa shape index (κ2) is 6.60. The number of aromatic hydroxyl groups is 1. The van der Waals surface area contributed by atoms with Crippen molar-refractivity contribution >= 4 is 16.7 Å². The van der Waals surface area contributed by atoms with E-state index in [2.05, 4.69) is 43.9 Å². The van der Waals surface area contributed by atoms with Gasteiger partial charge in [0.1, 0.15) is 11.6 Å². The van der Waals surface area contributed by atoms with Crippen molar-refractivity contribution in [3.63, 3.8) is 0 Å². The average molecular weight is 347 g/mol. The van der Waals surface area contributed by atoms with Crippen molar-refractivity contribution in [2.24, 2.45) is 5.92 Å². The van der Waals surface area contributed by atoms with E-state index in [1.54, 1.807) is 6.07 Å². The lowest BCUT2D eigenvalue weighted by molar-refractivity contribution is 0.476. The van der Waals surface area contributed by atoms with Crippen LogP contribution in [0.15, 0.2) is 42.5 Å². The number of phenols is 1. The summed E-state index contributed by atoms with van der Waals surface area (Å²) >= 11 is 0. The third-order valence-corrected chi connectivity index (χ3v) is 5.32. The van der Waals surface area contributed by atoms with Gasteiger partial charge in [0.05, 0.1) is 11.1 Å². The third kappa shape index (κ3) is 2.90. The summed E-state index contributed by atoms with van der Waals surface area (Å²) in [5.74, 6) is 2.36. The van der Waals surface area contributed by atoms with Crippen LogP contribution in [-0.2, 0) is 0 Å². The minimum Gasteiger partial charge on any atom is -0.507 e. The molecule has 1 aliphatic heterocycles. The van der Waals surface area contributed by atoms with E-state index in [1.165, 1.54) is 18.4 Å². The summed E-state index contributed by atoms with van der Waals surface area (Å²) in [5.41, 5.74) is 2.78. The Bertz CT molecular complexity index is 951. The SMILES string of the molecule is Cc1ccc2c(N3CCCC3C(C)C)nc(-c3ccccc3O)nc2c1. The highest BCUT2D eigenvalue weighted by Gasteiger charge is 2.30. The number of aryl methyl sites for hydroxylation is 1. The molecule has 0 saturated carbocycles. The van der Waals surface area contributed by atoms with Gasteiger partial charge < -0.3 is 10.0 Å². The first kappa shape index (κ1) is 16.8. The van der Waals surface area contributed by atoms with Gasteiger partial charge in [-0.1, -0.05) is 32.0 Å². The number of fused-ring (bicyclic) bond motifs is 1. The van der Waals surface area contributed by atoms with E-state index in [0.29, 0.717) is 23.3 Å². The van der Waals surface area contributed by atoms with Crippen molar-refractivity contribution in [1.29, 1.82) is 0 Å². The molecule has 4 nitrogen and oxygen atoms in total. The van der Waals surface area contributed by atoms with E-state index in [-0.39, 0.29) is 5.75 Å². The molecule has 1 aromatic heterocycles. The Morgan fingerprint density at radius 2 is 1.92 bits per heavy atom. The lowest BCUT2D eigenvalue weighted by Crippen LogP contribution is -2.34. The zero-order valence-corrected chi connectivity index (χ0v) is 15.6. The highest BCUT2D eigenvalue weighted by Crippen LogP contribution is 2.36. The molecule has 4 rings (SSSR count). The van der Waals surface area contributed by atoms with Crippen LogP contribution in [0.3, 0.4) is 0 Å². The number of hydrogen-bond acceptors (Lipinski definition) is 4. The van der Waals surface area contributed by atoms with E-state index in [9.17, 15) is 5.11 Å². The van der Waals surface area contributed by atoms with Crippen LogP contribution < -0.4 is 4.90 Å². The van der Waals surface area contributed by atoms with Crippen LogP contribution in [0.2, 0.25) is 0 Å². The lowest BCUT2D eigenvalue weighted by atomic mass is 10.0. The molecule has 4 heteroatoms. The Morgan fingerprint density at radius 3 is 2.69 bits per heavy atom. The first-order valence-corrected chi connectivity index (χ1v) is 9.38. The van der Waals surface area contributed by atoms with E-state index in [1.807, 2.05) is 18.2 Å². The molecule has 0 aliphatic carbocycles. The number of nitrogens with zero attached hydrogens (tertiary/aromatic N) is 3.